The smallest absolute Gasteiger partial charge is 0.319 e. The molecule has 16 heavy (non-hydrogen) atoms. The van der Waals surface area contributed by atoms with E-state index in [9.17, 15) is 4.79 Å². The van der Waals surface area contributed by atoms with Crippen LogP contribution in [0.25, 0.3) is 0 Å². The molecule has 1 heterocycles. The lowest BCUT2D eigenvalue weighted by Crippen LogP contribution is -2.09. The molecule has 1 aliphatic heterocycles. The molecule has 0 aromatic heterocycles. The molecular formula is C12H15NO2S. The molecule has 0 radical (unpaired) electrons. The summed E-state index contributed by atoms with van der Waals surface area (Å²) in [5, 5.41) is -0.0406. The van der Waals surface area contributed by atoms with Crippen LogP contribution in [-0.4, -0.2) is 17.8 Å². The highest BCUT2D eigenvalue weighted by molar-refractivity contribution is 8.00. The van der Waals surface area contributed by atoms with E-state index in [-0.39, 0.29) is 17.3 Å². The minimum atomic E-state index is -0.0960. The molecule has 0 aliphatic carbocycles. The molecule has 1 aromatic carbocycles. The zero-order chi connectivity index (χ0) is 11.5. The fraction of sp³-hybridized carbons (Fsp3) is 0.417. The van der Waals surface area contributed by atoms with Crippen LogP contribution in [0.3, 0.4) is 0 Å². The van der Waals surface area contributed by atoms with E-state index in [1.165, 1.54) is 0 Å². The molecule has 0 amide bonds. The summed E-state index contributed by atoms with van der Waals surface area (Å²) in [6.07, 6.45) is 0.804. The molecule has 1 fully saturated rings. The summed E-state index contributed by atoms with van der Waals surface area (Å²) in [7, 11) is 0. The minimum absolute atomic E-state index is 0.0406. The van der Waals surface area contributed by atoms with Crippen molar-refractivity contribution in [3.63, 3.8) is 0 Å². The van der Waals surface area contributed by atoms with Crippen molar-refractivity contribution in [1.82, 2.24) is 0 Å². The average Bonchev–Trinajstić information content (AvgIpc) is 2.65. The molecule has 1 aromatic rings. The first kappa shape index (κ1) is 11.5. The Balaban J connectivity index is 2.02. The van der Waals surface area contributed by atoms with Crippen LogP contribution in [-0.2, 0) is 9.53 Å². The van der Waals surface area contributed by atoms with Crippen molar-refractivity contribution < 1.29 is 9.53 Å². The van der Waals surface area contributed by atoms with Gasteiger partial charge in [0.1, 0.15) is 5.25 Å². The second-order valence-corrected chi connectivity index (χ2v) is 5.20. The summed E-state index contributed by atoms with van der Waals surface area (Å²) in [6, 6.07) is 8.08. The molecule has 1 aliphatic rings. The van der Waals surface area contributed by atoms with Crippen molar-refractivity contribution in [3.8, 4) is 0 Å². The van der Waals surface area contributed by atoms with Crippen LogP contribution in [0.5, 0.6) is 0 Å². The van der Waals surface area contributed by atoms with Crippen molar-refractivity contribution in [2.75, 3.05) is 6.61 Å². The van der Waals surface area contributed by atoms with Crippen LogP contribution in [0.4, 0.5) is 0 Å². The van der Waals surface area contributed by atoms with Gasteiger partial charge < -0.3 is 10.5 Å². The van der Waals surface area contributed by atoms with E-state index >= 15 is 0 Å². The van der Waals surface area contributed by atoms with Crippen LogP contribution in [0.2, 0.25) is 0 Å². The largest absolute Gasteiger partial charge is 0.465 e. The van der Waals surface area contributed by atoms with Gasteiger partial charge in [-0.2, -0.15) is 0 Å². The number of rotatable bonds is 3. The molecule has 2 rings (SSSR count). The predicted octanol–water partition coefficient (Wildman–Crippen LogP) is 2.11. The number of carbonyl (C=O) groups excluding carboxylic acids is 1. The van der Waals surface area contributed by atoms with E-state index in [1.54, 1.807) is 11.8 Å². The van der Waals surface area contributed by atoms with Crippen molar-refractivity contribution in [3.05, 3.63) is 29.8 Å². The Morgan fingerprint density at radius 2 is 2.12 bits per heavy atom. The van der Waals surface area contributed by atoms with E-state index in [0.717, 1.165) is 16.9 Å². The third-order valence-corrected chi connectivity index (χ3v) is 3.83. The summed E-state index contributed by atoms with van der Waals surface area (Å²) in [5.41, 5.74) is 6.88. The summed E-state index contributed by atoms with van der Waals surface area (Å²) >= 11 is 1.56. The molecule has 2 unspecified atom stereocenters. The standard InChI is InChI=1S/C12H15NO2S/c1-8(13)9-2-4-10(5-3-9)16-11-6-7-15-12(11)14/h2-5,8,11H,6-7,13H2,1H3. The maximum Gasteiger partial charge on any atom is 0.319 e. The van der Waals surface area contributed by atoms with Gasteiger partial charge in [0.2, 0.25) is 0 Å². The number of nitrogens with two attached hydrogens (primary N) is 1. The summed E-state index contributed by atoms with van der Waals surface area (Å²) in [4.78, 5) is 12.4. The van der Waals surface area contributed by atoms with Crippen LogP contribution in [0.1, 0.15) is 24.9 Å². The van der Waals surface area contributed by atoms with Gasteiger partial charge in [-0.3, -0.25) is 4.79 Å². The van der Waals surface area contributed by atoms with Crippen LogP contribution in [0, 0.1) is 0 Å². The van der Waals surface area contributed by atoms with Gasteiger partial charge in [-0.1, -0.05) is 12.1 Å². The quantitative estimate of drug-likeness (QED) is 0.818. The molecule has 0 spiro atoms. The van der Waals surface area contributed by atoms with Gasteiger partial charge in [0.05, 0.1) is 6.61 Å². The first-order valence-electron chi connectivity index (χ1n) is 5.35. The molecule has 0 saturated carbocycles. The highest BCUT2D eigenvalue weighted by Crippen LogP contribution is 2.29. The third kappa shape index (κ3) is 2.57. The number of ether oxygens (including phenoxy) is 1. The lowest BCUT2D eigenvalue weighted by atomic mass is 10.1. The predicted molar refractivity (Wildman–Crippen MR) is 64.3 cm³/mol. The number of carbonyl (C=O) groups is 1. The first-order chi connectivity index (χ1) is 7.66. The van der Waals surface area contributed by atoms with Gasteiger partial charge in [0.25, 0.3) is 0 Å². The number of benzene rings is 1. The molecule has 2 N–H and O–H groups in total. The van der Waals surface area contributed by atoms with E-state index in [2.05, 4.69) is 0 Å². The lowest BCUT2D eigenvalue weighted by Gasteiger charge is -2.08. The van der Waals surface area contributed by atoms with Crippen LogP contribution < -0.4 is 5.73 Å². The highest BCUT2D eigenvalue weighted by atomic mass is 32.2. The van der Waals surface area contributed by atoms with E-state index in [4.69, 9.17) is 10.5 Å². The third-order valence-electron chi connectivity index (χ3n) is 2.57. The highest BCUT2D eigenvalue weighted by Gasteiger charge is 2.27. The summed E-state index contributed by atoms with van der Waals surface area (Å²) in [6.45, 7) is 2.50. The number of thioether (sulfide) groups is 1. The normalized spacial score (nSPS) is 21.9. The van der Waals surface area contributed by atoms with Gasteiger partial charge in [-0.25, -0.2) is 0 Å². The average molecular weight is 237 g/mol. The molecule has 3 nitrogen and oxygen atoms in total. The first-order valence-corrected chi connectivity index (χ1v) is 6.23. The number of cyclic esters (lactones) is 1. The Kier molecular flexibility index (Phi) is 3.51. The molecular weight excluding hydrogens is 222 g/mol. The van der Waals surface area contributed by atoms with Gasteiger partial charge in [0, 0.05) is 17.4 Å². The SMILES string of the molecule is CC(N)c1ccc(SC2CCOC2=O)cc1. The zero-order valence-corrected chi connectivity index (χ0v) is 10.00. The van der Waals surface area contributed by atoms with E-state index in [1.807, 2.05) is 31.2 Å². The Hall–Kier alpha value is -1.00. The monoisotopic (exact) mass is 237 g/mol. The second-order valence-electron chi connectivity index (χ2n) is 3.92. The zero-order valence-electron chi connectivity index (χ0n) is 9.18. The van der Waals surface area contributed by atoms with Gasteiger partial charge in [0.15, 0.2) is 0 Å². The van der Waals surface area contributed by atoms with Crippen LogP contribution >= 0.6 is 11.8 Å². The Morgan fingerprint density at radius 1 is 1.44 bits per heavy atom. The number of hydrogen-bond acceptors (Lipinski definition) is 4. The van der Waals surface area contributed by atoms with Crippen LogP contribution in [0.15, 0.2) is 29.2 Å². The van der Waals surface area contributed by atoms with Crippen molar-refractivity contribution in [2.45, 2.75) is 29.5 Å². The second kappa shape index (κ2) is 4.89. The van der Waals surface area contributed by atoms with Gasteiger partial charge in [-0.15, -0.1) is 11.8 Å². The fourth-order valence-corrected chi connectivity index (χ4v) is 2.60. The topological polar surface area (TPSA) is 52.3 Å². The lowest BCUT2D eigenvalue weighted by molar-refractivity contribution is -0.137. The molecule has 1 saturated heterocycles. The number of esters is 1. The van der Waals surface area contributed by atoms with E-state index < -0.39 is 0 Å². The maximum absolute atomic E-state index is 11.3. The summed E-state index contributed by atoms with van der Waals surface area (Å²) < 4.78 is 4.92. The summed E-state index contributed by atoms with van der Waals surface area (Å²) in [5.74, 6) is -0.0960. The minimum Gasteiger partial charge on any atom is -0.465 e. The Labute approximate surface area is 99.4 Å². The fourth-order valence-electron chi connectivity index (χ4n) is 1.60. The number of hydrogen-bond donors (Lipinski definition) is 1. The Morgan fingerprint density at radius 3 is 2.62 bits per heavy atom. The van der Waals surface area contributed by atoms with Crippen molar-refractivity contribution in [1.29, 1.82) is 0 Å². The maximum atomic E-state index is 11.3. The van der Waals surface area contributed by atoms with Gasteiger partial charge in [-0.05, 0) is 24.6 Å². The molecule has 0 bridgehead atoms. The molecule has 2 atom stereocenters. The van der Waals surface area contributed by atoms with E-state index in [0.29, 0.717) is 6.61 Å². The van der Waals surface area contributed by atoms with Crippen molar-refractivity contribution in [2.24, 2.45) is 5.73 Å². The Bertz CT molecular complexity index is 375. The van der Waals surface area contributed by atoms with Crippen molar-refractivity contribution >= 4 is 17.7 Å². The molecule has 86 valence electrons. The van der Waals surface area contributed by atoms with Gasteiger partial charge >= 0.3 is 5.97 Å². The molecule has 4 heteroatoms.